The quantitative estimate of drug-likeness (QED) is 0.557. The minimum Gasteiger partial charge on any atom is -0.466 e. The summed E-state index contributed by atoms with van der Waals surface area (Å²) in [7, 11) is 0. The van der Waals surface area contributed by atoms with Gasteiger partial charge in [-0.05, 0) is 38.6 Å². The highest BCUT2D eigenvalue weighted by atomic mass is 16.5. The van der Waals surface area contributed by atoms with E-state index in [1.807, 2.05) is 4.90 Å². The van der Waals surface area contributed by atoms with E-state index in [4.69, 9.17) is 4.74 Å². The number of nitrogens with zero attached hydrogens (tertiary/aromatic N) is 1. The number of amides is 1. The molecule has 1 heterocycles. The molecule has 1 amide bonds. The van der Waals surface area contributed by atoms with Gasteiger partial charge in [-0.2, -0.15) is 0 Å². The third-order valence-electron chi connectivity index (χ3n) is 3.33. The molecule has 1 N–H and O–H groups in total. The fourth-order valence-corrected chi connectivity index (χ4v) is 2.31. The topological polar surface area (TPSA) is 58.6 Å². The highest BCUT2D eigenvalue weighted by molar-refractivity contribution is 5.78. The molecule has 5 nitrogen and oxygen atoms in total. The number of ether oxygens (including phenoxy) is 1. The zero-order chi connectivity index (χ0) is 14.1. The molecule has 110 valence electrons. The highest BCUT2D eigenvalue weighted by Gasteiger charge is 2.20. The number of piperidine rings is 1. The zero-order valence-electron chi connectivity index (χ0n) is 12.1. The first-order valence-corrected chi connectivity index (χ1v) is 7.27. The number of hydrogen-bond acceptors (Lipinski definition) is 4. The Bertz CT molecular complexity index is 294. The van der Waals surface area contributed by atoms with Crippen molar-refractivity contribution in [2.24, 2.45) is 5.92 Å². The van der Waals surface area contributed by atoms with E-state index in [0.717, 1.165) is 19.5 Å². The van der Waals surface area contributed by atoms with E-state index in [1.165, 1.54) is 6.42 Å². The van der Waals surface area contributed by atoms with E-state index in [0.29, 0.717) is 38.5 Å². The van der Waals surface area contributed by atoms with Crippen molar-refractivity contribution in [2.45, 2.75) is 39.5 Å². The molecule has 0 radical (unpaired) electrons. The summed E-state index contributed by atoms with van der Waals surface area (Å²) in [4.78, 5) is 25.0. The summed E-state index contributed by atoms with van der Waals surface area (Å²) in [5, 5.41) is 3.10. The lowest BCUT2D eigenvalue weighted by Crippen LogP contribution is -2.43. The average Bonchev–Trinajstić information content (AvgIpc) is 2.38. The molecule has 0 saturated carbocycles. The van der Waals surface area contributed by atoms with Gasteiger partial charge in [0.1, 0.15) is 0 Å². The lowest BCUT2D eigenvalue weighted by atomic mass is 10.0. The van der Waals surface area contributed by atoms with Crippen LogP contribution >= 0.6 is 0 Å². The van der Waals surface area contributed by atoms with Gasteiger partial charge in [-0.1, -0.05) is 6.92 Å². The van der Waals surface area contributed by atoms with Crippen molar-refractivity contribution in [3.8, 4) is 0 Å². The standard InChI is InChI=1S/C14H26N2O3/c1-3-19-14(18)7-4-8-15-10-13(17)16-9-5-6-12(2)11-16/h12,15H,3-11H2,1-2H3. The van der Waals surface area contributed by atoms with Gasteiger partial charge in [0, 0.05) is 19.5 Å². The molecule has 1 atom stereocenters. The number of nitrogens with one attached hydrogen (secondary N) is 1. The molecule has 0 spiro atoms. The van der Waals surface area contributed by atoms with Crippen LogP contribution in [0, 0.1) is 5.92 Å². The molecule has 1 unspecified atom stereocenters. The Morgan fingerprint density at radius 2 is 2.21 bits per heavy atom. The summed E-state index contributed by atoms with van der Waals surface area (Å²) in [5.74, 6) is 0.615. The van der Waals surface area contributed by atoms with Crippen molar-refractivity contribution in [3.63, 3.8) is 0 Å². The summed E-state index contributed by atoms with van der Waals surface area (Å²) in [6.45, 7) is 7.22. The molecular weight excluding hydrogens is 244 g/mol. The van der Waals surface area contributed by atoms with Crippen molar-refractivity contribution < 1.29 is 14.3 Å². The Balaban J connectivity index is 2.05. The molecule has 1 saturated heterocycles. The molecule has 1 aliphatic rings. The fraction of sp³-hybridized carbons (Fsp3) is 0.857. The van der Waals surface area contributed by atoms with Crippen LogP contribution in [0.3, 0.4) is 0 Å². The van der Waals surface area contributed by atoms with Gasteiger partial charge >= 0.3 is 5.97 Å². The maximum absolute atomic E-state index is 11.9. The molecular formula is C14H26N2O3. The molecule has 19 heavy (non-hydrogen) atoms. The van der Waals surface area contributed by atoms with Crippen LogP contribution in [0.2, 0.25) is 0 Å². The molecule has 0 bridgehead atoms. The van der Waals surface area contributed by atoms with E-state index in [1.54, 1.807) is 6.92 Å². The van der Waals surface area contributed by atoms with E-state index < -0.39 is 0 Å². The van der Waals surface area contributed by atoms with Crippen LogP contribution in [0.25, 0.3) is 0 Å². The van der Waals surface area contributed by atoms with Crippen LogP contribution in [-0.2, 0) is 14.3 Å². The normalized spacial score (nSPS) is 19.3. The van der Waals surface area contributed by atoms with E-state index in [9.17, 15) is 9.59 Å². The lowest BCUT2D eigenvalue weighted by molar-refractivity contribution is -0.143. The van der Waals surface area contributed by atoms with Crippen LogP contribution in [0.1, 0.15) is 39.5 Å². The van der Waals surface area contributed by atoms with Crippen molar-refractivity contribution >= 4 is 11.9 Å². The first-order chi connectivity index (χ1) is 9.13. The number of esters is 1. The second-order valence-electron chi connectivity index (χ2n) is 5.17. The molecule has 5 heteroatoms. The Morgan fingerprint density at radius 1 is 1.42 bits per heavy atom. The van der Waals surface area contributed by atoms with Gasteiger partial charge in [0.15, 0.2) is 0 Å². The van der Waals surface area contributed by atoms with E-state index in [2.05, 4.69) is 12.2 Å². The summed E-state index contributed by atoms with van der Waals surface area (Å²) in [6.07, 6.45) is 3.45. The SMILES string of the molecule is CCOC(=O)CCCNCC(=O)N1CCCC(C)C1. The second kappa shape index (κ2) is 8.91. The third-order valence-corrected chi connectivity index (χ3v) is 3.33. The van der Waals surface area contributed by atoms with Crippen LogP contribution < -0.4 is 5.32 Å². The highest BCUT2D eigenvalue weighted by Crippen LogP contribution is 2.15. The summed E-state index contributed by atoms with van der Waals surface area (Å²) in [5.41, 5.74) is 0. The Kier molecular flexibility index (Phi) is 7.48. The third kappa shape index (κ3) is 6.57. The molecule has 0 aliphatic carbocycles. The van der Waals surface area contributed by atoms with Gasteiger partial charge in [-0.15, -0.1) is 0 Å². The number of carbonyl (C=O) groups is 2. The number of likely N-dealkylation sites (tertiary alicyclic amines) is 1. The van der Waals surface area contributed by atoms with Crippen LogP contribution in [0.15, 0.2) is 0 Å². The second-order valence-corrected chi connectivity index (χ2v) is 5.17. The van der Waals surface area contributed by atoms with E-state index >= 15 is 0 Å². The fourth-order valence-electron chi connectivity index (χ4n) is 2.31. The van der Waals surface area contributed by atoms with Gasteiger partial charge in [0.2, 0.25) is 5.91 Å². The minimum atomic E-state index is -0.166. The Labute approximate surface area is 115 Å². The molecule has 0 aromatic rings. The molecule has 1 rings (SSSR count). The monoisotopic (exact) mass is 270 g/mol. The van der Waals surface area contributed by atoms with Gasteiger partial charge in [0.05, 0.1) is 13.2 Å². The van der Waals surface area contributed by atoms with Crippen molar-refractivity contribution in [1.82, 2.24) is 10.2 Å². The maximum atomic E-state index is 11.9. The molecule has 1 aliphatic heterocycles. The van der Waals surface area contributed by atoms with Gasteiger partial charge in [0.25, 0.3) is 0 Å². The number of rotatable bonds is 7. The molecule has 1 fully saturated rings. The van der Waals surface area contributed by atoms with E-state index in [-0.39, 0.29) is 11.9 Å². The average molecular weight is 270 g/mol. The van der Waals surface area contributed by atoms with Crippen molar-refractivity contribution in [2.75, 3.05) is 32.8 Å². The van der Waals surface area contributed by atoms with Crippen LogP contribution in [0.4, 0.5) is 0 Å². The number of hydrogen-bond donors (Lipinski definition) is 1. The Hall–Kier alpha value is -1.10. The van der Waals surface area contributed by atoms with Crippen LogP contribution in [0.5, 0.6) is 0 Å². The summed E-state index contributed by atoms with van der Waals surface area (Å²) < 4.78 is 4.83. The summed E-state index contributed by atoms with van der Waals surface area (Å²) >= 11 is 0. The predicted molar refractivity (Wildman–Crippen MR) is 73.7 cm³/mol. The number of carbonyl (C=O) groups excluding carboxylic acids is 2. The largest absolute Gasteiger partial charge is 0.466 e. The van der Waals surface area contributed by atoms with Gasteiger partial charge in [-0.3, -0.25) is 9.59 Å². The Morgan fingerprint density at radius 3 is 2.89 bits per heavy atom. The maximum Gasteiger partial charge on any atom is 0.305 e. The summed E-state index contributed by atoms with van der Waals surface area (Å²) in [6, 6.07) is 0. The zero-order valence-corrected chi connectivity index (χ0v) is 12.1. The van der Waals surface area contributed by atoms with Gasteiger partial charge in [-0.25, -0.2) is 0 Å². The predicted octanol–water partition coefficient (Wildman–Crippen LogP) is 1.18. The smallest absolute Gasteiger partial charge is 0.305 e. The molecule has 0 aromatic heterocycles. The molecule has 0 aromatic carbocycles. The van der Waals surface area contributed by atoms with Crippen molar-refractivity contribution in [3.05, 3.63) is 0 Å². The lowest BCUT2D eigenvalue weighted by Gasteiger charge is -2.31. The van der Waals surface area contributed by atoms with Crippen molar-refractivity contribution in [1.29, 1.82) is 0 Å². The first kappa shape index (κ1) is 16.0. The van der Waals surface area contributed by atoms with Crippen LogP contribution in [-0.4, -0.2) is 49.6 Å². The van der Waals surface area contributed by atoms with Gasteiger partial charge < -0.3 is 15.0 Å². The first-order valence-electron chi connectivity index (χ1n) is 7.27. The minimum absolute atomic E-state index is 0.166.